The summed E-state index contributed by atoms with van der Waals surface area (Å²) in [4.78, 5) is 11.9. The van der Waals surface area contributed by atoms with Crippen LogP contribution in [-0.2, 0) is 6.42 Å². The number of Topliss-reactive ketones (excluding diaryl/α,β-unsaturated/α-hetero) is 1. The van der Waals surface area contributed by atoms with Crippen LogP contribution in [0.4, 0.5) is 5.69 Å². The number of benzene rings is 1. The molecule has 1 aromatic heterocycles. The van der Waals surface area contributed by atoms with Gasteiger partial charge in [-0.1, -0.05) is 0 Å². The lowest BCUT2D eigenvalue weighted by Crippen LogP contribution is -2.01. The number of anilines is 1. The van der Waals surface area contributed by atoms with E-state index in [0.717, 1.165) is 10.9 Å². The van der Waals surface area contributed by atoms with E-state index in [4.69, 9.17) is 5.73 Å². The van der Waals surface area contributed by atoms with E-state index in [2.05, 4.69) is 27.4 Å². The van der Waals surface area contributed by atoms with E-state index in [1.807, 2.05) is 5.38 Å². The van der Waals surface area contributed by atoms with Crippen LogP contribution in [0.25, 0.3) is 0 Å². The fourth-order valence-corrected chi connectivity index (χ4v) is 2.62. The van der Waals surface area contributed by atoms with Gasteiger partial charge in [-0.05, 0) is 62.9 Å². The largest absolute Gasteiger partial charge is 0.398 e. The van der Waals surface area contributed by atoms with Gasteiger partial charge in [0.05, 0.1) is 0 Å². The summed E-state index contributed by atoms with van der Waals surface area (Å²) in [7, 11) is 0. The van der Waals surface area contributed by atoms with Crippen molar-refractivity contribution in [3.8, 4) is 0 Å². The SMILES string of the molecule is Nc1ccc(C(=O)CCc2ccsc2)cc1Br. The van der Waals surface area contributed by atoms with Gasteiger partial charge in [0.25, 0.3) is 0 Å². The second-order valence-electron chi connectivity index (χ2n) is 3.79. The minimum atomic E-state index is 0.150. The molecule has 0 fully saturated rings. The summed E-state index contributed by atoms with van der Waals surface area (Å²) in [5.74, 6) is 0.150. The van der Waals surface area contributed by atoms with E-state index in [9.17, 15) is 4.79 Å². The molecule has 0 radical (unpaired) electrons. The highest BCUT2D eigenvalue weighted by Crippen LogP contribution is 2.21. The number of rotatable bonds is 4. The number of hydrogen-bond acceptors (Lipinski definition) is 3. The third kappa shape index (κ3) is 3.17. The van der Waals surface area contributed by atoms with Crippen LogP contribution in [0, 0.1) is 0 Å². The van der Waals surface area contributed by atoms with Crippen molar-refractivity contribution in [2.45, 2.75) is 12.8 Å². The van der Waals surface area contributed by atoms with E-state index < -0.39 is 0 Å². The van der Waals surface area contributed by atoms with E-state index >= 15 is 0 Å². The first-order chi connectivity index (χ1) is 8.16. The van der Waals surface area contributed by atoms with Crippen molar-refractivity contribution >= 4 is 38.7 Å². The van der Waals surface area contributed by atoms with Crippen LogP contribution in [0.3, 0.4) is 0 Å². The van der Waals surface area contributed by atoms with Gasteiger partial charge in [0.1, 0.15) is 0 Å². The van der Waals surface area contributed by atoms with Crippen molar-refractivity contribution in [3.05, 3.63) is 50.6 Å². The zero-order valence-corrected chi connectivity index (χ0v) is 11.6. The Morgan fingerprint density at radius 1 is 1.35 bits per heavy atom. The number of carbonyl (C=O) groups is 1. The van der Waals surface area contributed by atoms with Gasteiger partial charge in [0.15, 0.2) is 5.78 Å². The Hall–Kier alpha value is -1.13. The first-order valence-corrected chi connectivity index (χ1v) is 6.99. The summed E-state index contributed by atoms with van der Waals surface area (Å²) in [5.41, 5.74) is 8.27. The summed E-state index contributed by atoms with van der Waals surface area (Å²) < 4.78 is 0.777. The molecule has 4 heteroatoms. The molecule has 88 valence electrons. The zero-order valence-electron chi connectivity index (χ0n) is 9.15. The highest BCUT2D eigenvalue weighted by molar-refractivity contribution is 9.10. The molecule has 17 heavy (non-hydrogen) atoms. The van der Waals surface area contributed by atoms with Crippen molar-refractivity contribution in [3.63, 3.8) is 0 Å². The standard InChI is InChI=1S/C13H12BrNOS/c14-11-7-10(2-3-12(11)15)13(16)4-1-9-5-6-17-8-9/h2-3,5-8H,1,4,15H2. The van der Waals surface area contributed by atoms with Gasteiger partial charge in [-0.2, -0.15) is 11.3 Å². The quantitative estimate of drug-likeness (QED) is 0.687. The lowest BCUT2D eigenvalue weighted by molar-refractivity contribution is 0.0983. The van der Waals surface area contributed by atoms with Crippen molar-refractivity contribution in [2.24, 2.45) is 0 Å². The number of aryl methyl sites for hydroxylation is 1. The monoisotopic (exact) mass is 309 g/mol. The van der Waals surface area contributed by atoms with Gasteiger partial charge < -0.3 is 5.73 Å². The summed E-state index contributed by atoms with van der Waals surface area (Å²) in [6.07, 6.45) is 1.33. The predicted molar refractivity (Wildman–Crippen MR) is 75.5 cm³/mol. The molecule has 1 aromatic carbocycles. The number of halogens is 1. The Morgan fingerprint density at radius 2 is 2.18 bits per heavy atom. The number of nitrogens with two attached hydrogens (primary N) is 1. The number of carbonyl (C=O) groups excluding carboxylic acids is 1. The minimum absolute atomic E-state index is 0.150. The second kappa shape index (κ2) is 5.47. The maximum absolute atomic E-state index is 11.9. The fourth-order valence-electron chi connectivity index (χ4n) is 1.54. The Labute approximate surface area is 113 Å². The minimum Gasteiger partial charge on any atom is -0.398 e. The zero-order chi connectivity index (χ0) is 12.3. The maximum Gasteiger partial charge on any atom is 0.163 e. The molecule has 0 aliphatic rings. The smallest absolute Gasteiger partial charge is 0.163 e. The summed E-state index contributed by atoms with van der Waals surface area (Å²) in [6.45, 7) is 0. The summed E-state index contributed by atoms with van der Waals surface area (Å²) in [6, 6.07) is 7.36. The van der Waals surface area contributed by atoms with E-state index in [1.54, 1.807) is 29.5 Å². The van der Waals surface area contributed by atoms with Crippen LogP contribution in [0.15, 0.2) is 39.5 Å². The van der Waals surface area contributed by atoms with Gasteiger partial charge in [-0.3, -0.25) is 4.79 Å². The van der Waals surface area contributed by atoms with Gasteiger partial charge in [0.2, 0.25) is 0 Å². The van der Waals surface area contributed by atoms with Gasteiger partial charge in [0, 0.05) is 22.1 Å². The molecule has 0 saturated carbocycles. The molecule has 2 nitrogen and oxygen atoms in total. The summed E-state index contributed by atoms with van der Waals surface area (Å²) >= 11 is 4.98. The van der Waals surface area contributed by atoms with E-state index in [-0.39, 0.29) is 5.78 Å². The van der Waals surface area contributed by atoms with E-state index in [1.165, 1.54) is 5.56 Å². The number of thiophene rings is 1. The average molecular weight is 310 g/mol. The molecular weight excluding hydrogens is 298 g/mol. The van der Waals surface area contributed by atoms with Crippen LogP contribution >= 0.6 is 27.3 Å². The van der Waals surface area contributed by atoms with E-state index in [0.29, 0.717) is 17.7 Å². The molecule has 0 atom stereocenters. The molecule has 0 aliphatic carbocycles. The Kier molecular flexibility index (Phi) is 3.97. The van der Waals surface area contributed by atoms with Crippen LogP contribution in [0.2, 0.25) is 0 Å². The number of hydrogen-bond donors (Lipinski definition) is 1. The molecule has 0 amide bonds. The van der Waals surface area contributed by atoms with Gasteiger partial charge in [-0.15, -0.1) is 0 Å². The van der Waals surface area contributed by atoms with Crippen molar-refractivity contribution < 1.29 is 4.79 Å². The highest BCUT2D eigenvalue weighted by Gasteiger charge is 2.08. The molecular formula is C13H12BrNOS. The molecule has 2 aromatic rings. The van der Waals surface area contributed by atoms with Crippen LogP contribution < -0.4 is 5.73 Å². The Bertz CT molecular complexity index is 522. The number of ketones is 1. The average Bonchev–Trinajstić information content (AvgIpc) is 2.82. The highest BCUT2D eigenvalue weighted by atomic mass is 79.9. The van der Waals surface area contributed by atoms with Crippen molar-refractivity contribution in [2.75, 3.05) is 5.73 Å². The molecule has 0 aliphatic heterocycles. The molecule has 0 bridgehead atoms. The molecule has 0 saturated heterocycles. The Balaban J connectivity index is 2.02. The third-order valence-corrected chi connectivity index (χ3v) is 3.96. The van der Waals surface area contributed by atoms with Crippen LogP contribution in [0.1, 0.15) is 22.3 Å². The fraction of sp³-hybridized carbons (Fsp3) is 0.154. The third-order valence-electron chi connectivity index (χ3n) is 2.54. The molecule has 2 rings (SSSR count). The van der Waals surface area contributed by atoms with Gasteiger partial charge >= 0.3 is 0 Å². The first kappa shape index (κ1) is 12.3. The molecule has 1 heterocycles. The molecule has 2 N–H and O–H groups in total. The van der Waals surface area contributed by atoms with Gasteiger partial charge in [-0.25, -0.2) is 0 Å². The lowest BCUT2D eigenvalue weighted by Gasteiger charge is -2.03. The summed E-state index contributed by atoms with van der Waals surface area (Å²) in [5, 5.41) is 4.10. The lowest BCUT2D eigenvalue weighted by atomic mass is 10.0. The second-order valence-corrected chi connectivity index (χ2v) is 5.43. The van der Waals surface area contributed by atoms with Crippen LogP contribution in [0.5, 0.6) is 0 Å². The van der Waals surface area contributed by atoms with Crippen molar-refractivity contribution in [1.82, 2.24) is 0 Å². The number of nitrogen functional groups attached to an aromatic ring is 1. The molecule has 0 spiro atoms. The van der Waals surface area contributed by atoms with Crippen molar-refractivity contribution in [1.29, 1.82) is 0 Å². The normalized spacial score (nSPS) is 10.4. The maximum atomic E-state index is 11.9. The Morgan fingerprint density at radius 3 is 2.82 bits per heavy atom. The predicted octanol–water partition coefficient (Wildman–Crippen LogP) is 3.91. The molecule has 0 unspecified atom stereocenters. The first-order valence-electron chi connectivity index (χ1n) is 5.26. The van der Waals surface area contributed by atoms with Crippen LogP contribution in [-0.4, -0.2) is 5.78 Å². The topological polar surface area (TPSA) is 43.1 Å².